The minimum absolute atomic E-state index is 0.0735. The van der Waals surface area contributed by atoms with Crippen LogP contribution in [0.4, 0.5) is 5.82 Å². The molecule has 1 aromatic heterocycles. The number of hydrogen-bond donors (Lipinski definition) is 1. The van der Waals surface area contributed by atoms with Gasteiger partial charge in [-0.05, 0) is 32.0 Å². The molecule has 0 fully saturated rings. The lowest BCUT2D eigenvalue weighted by Gasteiger charge is -2.12. The number of amides is 2. The van der Waals surface area contributed by atoms with Gasteiger partial charge in [0.1, 0.15) is 5.82 Å². The molecule has 7 nitrogen and oxygen atoms in total. The van der Waals surface area contributed by atoms with Crippen LogP contribution in [-0.2, 0) is 4.79 Å². The average molecular weight is 356 g/mol. The molecule has 1 N–H and O–H groups in total. The zero-order valence-corrected chi connectivity index (χ0v) is 14.3. The predicted molar refractivity (Wildman–Crippen MR) is 96.5 cm³/mol. The highest BCUT2D eigenvalue weighted by molar-refractivity contribution is 6.31. The summed E-state index contributed by atoms with van der Waals surface area (Å²) in [5, 5.41) is 7.44. The fourth-order valence-electron chi connectivity index (χ4n) is 2.21. The molecule has 3 rings (SSSR count). The third-order valence-corrected chi connectivity index (χ3v) is 3.75. The molecule has 25 heavy (non-hydrogen) atoms. The van der Waals surface area contributed by atoms with Crippen molar-refractivity contribution in [1.29, 1.82) is 0 Å². The molecule has 1 aliphatic heterocycles. The number of hydrogen-bond acceptors (Lipinski definition) is 4. The fourth-order valence-corrected chi connectivity index (χ4v) is 2.40. The van der Waals surface area contributed by atoms with Crippen molar-refractivity contribution in [3.05, 3.63) is 58.8 Å². The van der Waals surface area contributed by atoms with Crippen LogP contribution in [0.25, 0.3) is 0 Å². The van der Waals surface area contributed by atoms with Gasteiger partial charge in [-0.25, -0.2) is 4.99 Å². The average Bonchev–Trinajstić information content (AvgIpc) is 2.92. The van der Waals surface area contributed by atoms with E-state index in [1.165, 1.54) is 4.68 Å². The van der Waals surface area contributed by atoms with Crippen molar-refractivity contribution in [3.8, 4) is 0 Å². The van der Waals surface area contributed by atoms with Gasteiger partial charge in [0, 0.05) is 16.7 Å². The van der Waals surface area contributed by atoms with Crippen LogP contribution in [0.15, 0.2) is 52.5 Å². The highest BCUT2D eigenvalue weighted by Crippen LogP contribution is 2.17. The lowest BCUT2D eigenvalue weighted by atomic mass is 10.2. The number of aliphatic imine (C=N–C) groups is 2. The molecule has 2 aromatic rings. The summed E-state index contributed by atoms with van der Waals surface area (Å²) in [7, 11) is 0. The predicted octanol–water partition coefficient (Wildman–Crippen LogP) is 2.86. The minimum atomic E-state index is -0.484. The number of carbonyl (C=O) groups excluding carboxylic acids is 2. The van der Waals surface area contributed by atoms with Crippen molar-refractivity contribution in [2.75, 3.05) is 5.32 Å². The topological polar surface area (TPSA) is 88.7 Å². The second-order valence-electron chi connectivity index (χ2n) is 5.44. The van der Waals surface area contributed by atoms with Crippen molar-refractivity contribution in [3.63, 3.8) is 0 Å². The first-order valence-electron chi connectivity index (χ1n) is 7.36. The molecular weight excluding hydrogens is 342 g/mol. The summed E-state index contributed by atoms with van der Waals surface area (Å²) in [5.41, 5.74) is 1.72. The van der Waals surface area contributed by atoms with Gasteiger partial charge in [0.05, 0.1) is 17.0 Å². The van der Waals surface area contributed by atoms with E-state index in [-0.39, 0.29) is 17.4 Å². The van der Waals surface area contributed by atoms with Gasteiger partial charge in [0.2, 0.25) is 0 Å². The summed E-state index contributed by atoms with van der Waals surface area (Å²) in [6.45, 7) is 7.05. The van der Waals surface area contributed by atoms with E-state index in [1.807, 2.05) is 0 Å². The maximum atomic E-state index is 12.4. The van der Waals surface area contributed by atoms with Crippen LogP contribution >= 0.6 is 11.6 Å². The van der Waals surface area contributed by atoms with Crippen LogP contribution < -0.4 is 5.32 Å². The van der Waals surface area contributed by atoms with E-state index < -0.39 is 5.91 Å². The second kappa shape index (κ2) is 6.45. The van der Waals surface area contributed by atoms with Gasteiger partial charge in [-0.2, -0.15) is 14.8 Å². The molecule has 8 heteroatoms. The normalized spacial score (nSPS) is 14.2. The number of benzene rings is 1. The maximum absolute atomic E-state index is 12.4. The Morgan fingerprint density at radius 2 is 2.00 bits per heavy atom. The number of nitrogens with zero attached hydrogens (tertiary/aromatic N) is 4. The van der Waals surface area contributed by atoms with Crippen LogP contribution in [0.1, 0.15) is 23.0 Å². The molecule has 0 spiro atoms. The Bertz CT molecular complexity index is 971. The molecule has 0 unspecified atom stereocenters. The lowest BCUT2D eigenvalue weighted by Crippen LogP contribution is -2.25. The maximum Gasteiger partial charge on any atom is 0.281 e. The third kappa shape index (κ3) is 3.41. The molecule has 0 aliphatic carbocycles. The summed E-state index contributed by atoms with van der Waals surface area (Å²) in [6, 6.07) is 8.22. The smallest absolute Gasteiger partial charge is 0.281 e. The van der Waals surface area contributed by atoms with Crippen molar-refractivity contribution in [2.45, 2.75) is 13.8 Å². The van der Waals surface area contributed by atoms with Gasteiger partial charge >= 0.3 is 0 Å². The Morgan fingerprint density at radius 1 is 1.24 bits per heavy atom. The van der Waals surface area contributed by atoms with Crippen molar-refractivity contribution in [1.82, 2.24) is 9.78 Å². The van der Waals surface area contributed by atoms with E-state index in [0.717, 1.165) is 0 Å². The Hall–Kier alpha value is -3.06. The molecule has 0 radical (unpaired) electrons. The standard InChI is InChI=1S/C17H14ClN5O2/c1-9-7-14(20-16(25)12-5-4-6-13(18)8-12)23(22-9)17-19-11(3)10(2)15(24)21-17/h4-8H,2H2,1,3H3,(H,20,25). The van der Waals surface area contributed by atoms with E-state index in [9.17, 15) is 9.59 Å². The summed E-state index contributed by atoms with van der Waals surface area (Å²) in [4.78, 5) is 32.4. The summed E-state index contributed by atoms with van der Waals surface area (Å²) in [6.07, 6.45) is 0. The second-order valence-corrected chi connectivity index (χ2v) is 5.88. The van der Waals surface area contributed by atoms with E-state index in [0.29, 0.717) is 27.8 Å². The molecule has 2 heterocycles. The molecule has 0 saturated carbocycles. The van der Waals surface area contributed by atoms with Crippen LogP contribution in [0.3, 0.4) is 0 Å². The SMILES string of the molecule is C=C1C(=O)N=C(n2nc(C)cc2NC(=O)c2cccc(Cl)c2)N=C1C. The number of halogens is 1. The number of nitrogens with one attached hydrogen (secondary N) is 1. The van der Waals surface area contributed by atoms with Crippen molar-refractivity contribution >= 4 is 40.9 Å². The highest BCUT2D eigenvalue weighted by Gasteiger charge is 2.21. The quantitative estimate of drug-likeness (QED) is 0.840. The number of aromatic nitrogens is 2. The first-order chi connectivity index (χ1) is 11.8. The minimum Gasteiger partial charge on any atom is -0.306 e. The largest absolute Gasteiger partial charge is 0.306 e. The number of carbonyl (C=O) groups is 2. The number of aryl methyl sites for hydroxylation is 1. The molecule has 2 amide bonds. The van der Waals surface area contributed by atoms with Crippen molar-refractivity contribution < 1.29 is 9.59 Å². The molecule has 0 bridgehead atoms. The Kier molecular flexibility index (Phi) is 4.33. The molecule has 0 saturated heterocycles. The van der Waals surface area contributed by atoms with Crippen LogP contribution in [-0.4, -0.2) is 33.3 Å². The summed E-state index contributed by atoms with van der Waals surface area (Å²) in [5.74, 6) is -0.429. The van der Waals surface area contributed by atoms with E-state index >= 15 is 0 Å². The Labute approximate surface area is 148 Å². The first kappa shape index (κ1) is 16.8. The van der Waals surface area contributed by atoms with Gasteiger partial charge in [0.25, 0.3) is 17.8 Å². The molecule has 126 valence electrons. The van der Waals surface area contributed by atoms with Gasteiger partial charge in [0.15, 0.2) is 0 Å². The summed E-state index contributed by atoms with van der Waals surface area (Å²) >= 11 is 5.91. The van der Waals surface area contributed by atoms with Crippen LogP contribution in [0.2, 0.25) is 5.02 Å². The molecule has 1 aliphatic rings. The zero-order valence-electron chi connectivity index (χ0n) is 13.6. The van der Waals surface area contributed by atoms with Crippen LogP contribution in [0.5, 0.6) is 0 Å². The van der Waals surface area contributed by atoms with Gasteiger partial charge < -0.3 is 5.32 Å². The lowest BCUT2D eigenvalue weighted by molar-refractivity contribution is -0.113. The van der Waals surface area contributed by atoms with E-state index in [1.54, 1.807) is 44.2 Å². The number of rotatable bonds is 2. The summed E-state index contributed by atoms with van der Waals surface area (Å²) < 4.78 is 1.31. The van der Waals surface area contributed by atoms with E-state index in [2.05, 4.69) is 27.0 Å². The zero-order chi connectivity index (χ0) is 18.1. The van der Waals surface area contributed by atoms with E-state index in [4.69, 9.17) is 11.6 Å². The van der Waals surface area contributed by atoms with Gasteiger partial charge in [-0.1, -0.05) is 24.2 Å². The molecule has 1 aromatic carbocycles. The Balaban J connectivity index is 1.95. The van der Waals surface area contributed by atoms with Crippen molar-refractivity contribution in [2.24, 2.45) is 9.98 Å². The van der Waals surface area contributed by atoms with Gasteiger partial charge in [-0.3, -0.25) is 9.59 Å². The monoisotopic (exact) mass is 355 g/mol. The van der Waals surface area contributed by atoms with Crippen LogP contribution in [0, 0.1) is 6.92 Å². The Morgan fingerprint density at radius 3 is 2.68 bits per heavy atom. The first-order valence-corrected chi connectivity index (χ1v) is 7.74. The van der Waals surface area contributed by atoms with Gasteiger partial charge in [-0.15, -0.1) is 0 Å². The molecule has 0 atom stereocenters. The molecular formula is C17H14ClN5O2. The number of anilines is 1. The third-order valence-electron chi connectivity index (χ3n) is 3.51. The highest BCUT2D eigenvalue weighted by atomic mass is 35.5. The fraction of sp³-hybridized carbons (Fsp3) is 0.118.